The van der Waals surface area contributed by atoms with E-state index in [0.29, 0.717) is 22.7 Å². The first-order valence-electron chi connectivity index (χ1n) is 10.4. The Morgan fingerprint density at radius 2 is 1.38 bits per heavy atom. The van der Waals surface area contributed by atoms with Gasteiger partial charge in [-0.2, -0.15) is 0 Å². The minimum Gasteiger partial charge on any atom is -0.455 e. The minimum absolute atomic E-state index is 0.218. The fraction of sp³-hybridized carbons (Fsp3) is 0. The number of hydrogen-bond donors (Lipinski definition) is 1. The number of anilines is 1. The van der Waals surface area contributed by atoms with E-state index in [9.17, 15) is 4.79 Å². The van der Waals surface area contributed by atoms with Gasteiger partial charge >= 0.3 is 0 Å². The van der Waals surface area contributed by atoms with E-state index < -0.39 is 0 Å². The molecule has 1 amide bonds. The van der Waals surface area contributed by atoms with E-state index in [1.54, 1.807) is 0 Å². The largest absolute Gasteiger partial charge is 0.455 e. The molecule has 4 aromatic carbocycles. The van der Waals surface area contributed by atoms with Gasteiger partial charge in [-0.15, -0.1) is 0 Å². The average molecular weight is 416 g/mol. The summed E-state index contributed by atoms with van der Waals surface area (Å²) < 4.78 is 6.00. The predicted molar refractivity (Wildman–Crippen MR) is 128 cm³/mol. The second-order valence-corrected chi connectivity index (χ2v) is 7.30. The van der Waals surface area contributed by atoms with Crippen LogP contribution in [-0.4, -0.2) is 10.9 Å². The van der Waals surface area contributed by atoms with Gasteiger partial charge in [-0.25, -0.2) is 4.98 Å². The maximum atomic E-state index is 13.4. The van der Waals surface area contributed by atoms with Gasteiger partial charge in [0, 0.05) is 10.9 Å². The van der Waals surface area contributed by atoms with Crippen molar-refractivity contribution in [3.8, 4) is 22.8 Å². The highest BCUT2D eigenvalue weighted by Crippen LogP contribution is 2.31. The van der Waals surface area contributed by atoms with Crippen molar-refractivity contribution in [3.05, 3.63) is 121 Å². The predicted octanol–water partition coefficient (Wildman–Crippen LogP) is 6.95. The second-order valence-electron chi connectivity index (χ2n) is 7.30. The molecule has 0 unspecified atom stereocenters. The number of para-hydroxylation sites is 4. The molecule has 154 valence electrons. The number of carbonyl (C=O) groups excluding carboxylic acids is 1. The van der Waals surface area contributed by atoms with E-state index >= 15 is 0 Å². The number of hydrogen-bond acceptors (Lipinski definition) is 3. The van der Waals surface area contributed by atoms with Gasteiger partial charge in [0.2, 0.25) is 0 Å². The molecular formula is C28H20N2O2. The fourth-order valence-corrected chi connectivity index (χ4v) is 3.58. The van der Waals surface area contributed by atoms with Crippen molar-refractivity contribution >= 4 is 22.5 Å². The third-order valence-electron chi connectivity index (χ3n) is 5.14. The monoisotopic (exact) mass is 416 g/mol. The van der Waals surface area contributed by atoms with Crippen molar-refractivity contribution in [2.45, 2.75) is 0 Å². The Labute approximate surface area is 186 Å². The zero-order valence-corrected chi connectivity index (χ0v) is 17.2. The molecule has 0 aliphatic rings. The van der Waals surface area contributed by atoms with Crippen LogP contribution in [0.1, 0.15) is 10.4 Å². The number of carbonyl (C=O) groups is 1. The highest BCUT2D eigenvalue weighted by Gasteiger charge is 2.16. The van der Waals surface area contributed by atoms with Crippen LogP contribution in [0, 0.1) is 0 Å². The van der Waals surface area contributed by atoms with Crippen LogP contribution in [0.4, 0.5) is 5.69 Å². The van der Waals surface area contributed by atoms with Crippen LogP contribution in [0.25, 0.3) is 22.2 Å². The molecule has 0 radical (unpaired) electrons. The van der Waals surface area contributed by atoms with Gasteiger partial charge in [0.25, 0.3) is 5.91 Å². The summed E-state index contributed by atoms with van der Waals surface area (Å²) in [5.41, 5.74) is 3.64. The minimum atomic E-state index is -0.218. The van der Waals surface area contributed by atoms with E-state index in [2.05, 4.69) is 5.32 Å². The number of nitrogens with one attached hydrogen (secondary N) is 1. The molecule has 1 heterocycles. The van der Waals surface area contributed by atoms with Crippen LogP contribution in [0.15, 0.2) is 115 Å². The first kappa shape index (κ1) is 19.5. The van der Waals surface area contributed by atoms with Gasteiger partial charge in [0.15, 0.2) is 5.75 Å². The van der Waals surface area contributed by atoms with E-state index in [-0.39, 0.29) is 5.91 Å². The molecule has 0 aliphatic heterocycles. The molecule has 4 nitrogen and oxygen atoms in total. The SMILES string of the molecule is O=C(Nc1ccccc1Oc1ccccc1)c1cc(-c2ccccc2)nc2ccccc12. The maximum Gasteiger partial charge on any atom is 0.256 e. The van der Waals surface area contributed by atoms with Crippen molar-refractivity contribution in [1.29, 1.82) is 0 Å². The van der Waals surface area contributed by atoms with Crippen LogP contribution in [0.3, 0.4) is 0 Å². The third-order valence-corrected chi connectivity index (χ3v) is 5.14. The molecule has 0 spiro atoms. The number of ether oxygens (including phenoxy) is 1. The maximum absolute atomic E-state index is 13.4. The van der Waals surface area contributed by atoms with Gasteiger partial charge < -0.3 is 10.1 Å². The molecule has 0 saturated heterocycles. The molecule has 1 N–H and O–H groups in total. The summed E-state index contributed by atoms with van der Waals surface area (Å²) in [6, 6.07) is 36.3. The normalized spacial score (nSPS) is 10.6. The summed E-state index contributed by atoms with van der Waals surface area (Å²) in [4.78, 5) is 18.2. The second kappa shape index (κ2) is 8.74. The Morgan fingerprint density at radius 3 is 2.19 bits per heavy atom. The van der Waals surface area contributed by atoms with Crippen molar-refractivity contribution in [1.82, 2.24) is 4.98 Å². The lowest BCUT2D eigenvalue weighted by Gasteiger charge is -2.14. The van der Waals surface area contributed by atoms with E-state index in [0.717, 1.165) is 22.2 Å². The molecule has 32 heavy (non-hydrogen) atoms. The van der Waals surface area contributed by atoms with E-state index in [1.165, 1.54) is 0 Å². The van der Waals surface area contributed by atoms with Crippen molar-refractivity contribution in [2.24, 2.45) is 0 Å². The Kier molecular flexibility index (Phi) is 5.33. The quantitative estimate of drug-likeness (QED) is 0.337. The van der Waals surface area contributed by atoms with E-state index in [4.69, 9.17) is 9.72 Å². The highest BCUT2D eigenvalue weighted by atomic mass is 16.5. The van der Waals surface area contributed by atoms with Crippen LogP contribution < -0.4 is 10.1 Å². The van der Waals surface area contributed by atoms with Crippen molar-refractivity contribution in [2.75, 3.05) is 5.32 Å². The van der Waals surface area contributed by atoms with Gasteiger partial charge in [-0.1, -0.05) is 78.9 Å². The summed E-state index contributed by atoms with van der Waals surface area (Å²) in [6.45, 7) is 0. The summed E-state index contributed by atoms with van der Waals surface area (Å²) in [5, 5.41) is 3.82. The lowest BCUT2D eigenvalue weighted by molar-refractivity contribution is 0.102. The molecule has 0 atom stereocenters. The molecule has 0 saturated carbocycles. The molecule has 0 aliphatic carbocycles. The van der Waals surface area contributed by atoms with Gasteiger partial charge in [0.1, 0.15) is 5.75 Å². The Bertz CT molecular complexity index is 1380. The molecule has 0 bridgehead atoms. The molecule has 4 heteroatoms. The van der Waals surface area contributed by atoms with Crippen molar-refractivity contribution < 1.29 is 9.53 Å². The number of amides is 1. The number of rotatable bonds is 5. The molecule has 5 aromatic rings. The molecule has 1 aromatic heterocycles. The standard InChI is InChI=1S/C28H20N2O2/c31-28(30-25-17-9-10-18-27(25)32-21-13-5-2-6-14-21)23-19-26(20-11-3-1-4-12-20)29-24-16-8-7-15-22(23)24/h1-19H,(H,30,31). The van der Waals surface area contributed by atoms with Crippen LogP contribution in [0.2, 0.25) is 0 Å². The zero-order chi connectivity index (χ0) is 21.8. The van der Waals surface area contributed by atoms with Gasteiger partial charge in [-0.05, 0) is 36.4 Å². The average Bonchev–Trinajstić information content (AvgIpc) is 2.85. The number of fused-ring (bicyclic) bond motifs is 1. The van der Waals surface area contributed by atoms with Crippen LogP contribution >= 0.6 is 0 Å². The zero-order valence-electron chi connectivity index (χ0n) is 17.2. The van der Waals surface area contributed by atoms with Gasteiger partial charge in [-0.3, -0.25) is 4.79 Å². The smallest absolute Gasteiger partial charge is 0.256 e. The van der Waals surface area contributed by atoms with Gasteiger partial charge in [0.05, 0.1) is 22.5 Å². The van der Waals surface area contributed by atoms with Crippen molar-refractivity contribution in [3.63, 3.8) is 0 Å². The third kappa shape index (κ3) is 4.07. The van der Waals surface area contributed by atoms with Crippen LogP contribution in [-0.2, 0) is 0 Å². The molecule has 5 rings (SSSR count). The lowest BCUT2D eigenvalue weighted by Crippen LogP contribution is -2.13. The fourth-order valence-electron chi connectivity index (χ4n) is 3.58. The topological polar surface area (TPSA) is 51.2 Å². The Hall–Kier alpha value is -4.44. The number of pyridine rings is 1. The summed E-state index contributed by atoms with van der Waals surface area (Å²) in [7, 11) is 0. The first-order valence-corrected chi connectivity index (χ1v) is 10.4. The highest BCUT2D eigenvalue weighted by molar-refractivity contribution is 6.13. The summed E-state index contributed by atoms with van der Waals surface area (Å²) in [5.74, 6) is 1.06. The Balaban J connectivity index is 1.52. The summed E-state index contributed by atoms with van der Waals surface area (Å²) >= 11 is 0. The summed E-state index contributed by atoms with van der Waals surface area (Å²) in [6.07, 6.45) is 0. The number of aromatic nitrogens is 1. The number of nitrogens with zero attached hydrogens (tertiary/aromatic N) is 1. The lowest BCUT2D eigenvalue weighted by atomic mass is 10.0. The molecule has 0 fully saturated rings. The van der Waals surface area contributed by atoms with E-state index in [1.807, 2.05) is 115 Å². The molecular weight excluding hydrogens is 396 g/mol. The van der Waals surface area contributed by atoms with Crippen LogP contribution in [0.5, 0.6) is 11.5 Å². The Morgan fingerprint density at radius 1 is 0.719 bits per heavy atom. The first-order chi connectivity index (χ1) is 15.8. The number of benzene rings is 4.